The second-order valence-corrected chi connectivity index (χ2v) is 10.1. The molecule has 43 heavy (non-hydrogen) atoms. The van der Waals surface area contributed by atoms with Crippen LogP contribution in [0.15, 0.2) is 162 Å². The van der Waals surface area contributed by atoms with Gasteiger partial charge in [-0.2, -0.15) is 0 Å². The maximum absolute atomic E-state index is 9.28. The van der Waals surface area contributed by atoms with Gasteiger partial charge in [-0.25, -0.2) is 0 Å². The minimum absolute atomic E-state index is 0.0116. The van der Waals surface area contributed by atoms with Crippen LogP contribution < -0.4 is 0 Å². The van der Waals surface area contributed by atoms with Crippen molar-refractivity contribution in [3.63, 3.8) is 0 Å². The lowest BCUT2D eigenvalue weighted by molar-refractivity contribution is 0.672. The Morgan fingerprint density at radius 2 is 0.977 bits per heavy atom. The lowest BCUT2D eigenvalue weighted by Crippen LogP contribution is -1.91. The van der Waals surface area contributed by atoms with Gasteiger partial charge in [0.1, 0.15) is 11.2 Å². The summed E-state index contributed by atoms with van der Waals surface area (Å²) in [6.45, 7) is 0. The Morgan fingerprint density at radius 1 is 0.395 bits per heavy atom. The summed E-state index contributed by atoms with van der Waals surface area (Å²) >= 11 is 0. The molecule has 0 atom stereocenters. The Labute approximate surface area is 270 Å². The molecule has 0 saturated carbocycles. The van der Waals surface area contributed by atoms with Gasteiger partial charge in [-0.3, -0.25) is 0 Å². The molecule has 0 aliphatic heterocycles. The van der Waals surface area contributed by atoms with Crippen LogP contribution in [0.25, 0.3) is 87.6 Å². The van der Waals surface area contributed by atoms with Crippen molar-refractivity contribution >= 4 is 54.3 Å². The van der Waals surface area contributed by atoms with E-state index in [9.17, 15) is 2.74 Å². The van der Waals surface area contributed by atoms with E-state index in [1.165, 1.54) is 0 Å². The zero-order valence-electron chi connectivity index (χ0n) is 37.3. The molecule has 0 saturated heterocycles. The van der Waals surface area contributed by atoms with E-state index in [-0.39, 0.29) is 45.4 Å². The number of furan rings is 1. The molecule has 0 amide bonds. The van der Waals surface area contributed by atoms with Crippen molar-refractivity contribution in [2.45, 2.75) is 0 Å². The van der Waals surface area contributed by atoms with Gasteiger partial charge in [-0.1, -0.05) is 139 Å². The maximum atomic E-state index is 9.28. The molecule has 1 heteroatoms. The van der Waals surface area contributed by atoms with Gasteiger partial charge < -0.3 is 4.42 Å². The van der Waals surface area contributed by atoms with Crippen LogP contribution in [0.4, 0.5) is 0 Å². The van der Waals surface area contributed by atoms with Crippen molar-refractivity contribution in [3.8, 4) is 33.4 Å². The van der Waals surface area contributed by atoms with Gasteiger partial charge in [0, 0.05) is 16.2 Å². The summed E-state index contributed by atoms with van der Waals surface area (Å²) in [6, 6.07) is 12.1. The minimum Gasteiger partial charge on any atom is -0.455 e. The third-order valence-electron chi connectivity index (χ3n) is 7.76. The molecule has 0 radical (unpaired) electrons. The van der Waals surface area contributed by atoms with Gasteiger partial charge in [-0.15, -0.1) is 0 Å². The molecule has 0 spiro atoms. The fraction of sp³-hybridized carbons (Fsp3) is 0. The first kappa shape index (κ1) is 13.5. The molecule has 0 bridgehead atoms. The summed E-state index contributed by atoms with van der Waals surface area (Å²) in [5, 5.41) is 3.04. The molecule has 0 aliphatic rings. The lowest BCUT2D eigenvalue weighted by atomic mass is 9.85. The van der Waals surface area contributed by atoms with E-state index in [0.29, 0.717) is 43.6 Å². The SMILES string of the molecule is [2H]c1c([2H])c([2H])c(-c2c([2H])c([2H])c(-c3c4ccccc4c(-c4ccc5oc6c7c([2H])c([2H])c([2H])c([2H])c7c([2H])c([2H])c6c5c4)c4ccccc34)c([2H])c2[2H])c([2H])c1[2H]. The zero-order chi connectivity index (χ0) is 41.4. The van der Waals surface area contributed by atoms with E-state index in [0.717, 1.165) is 5.56 Å². The first-order valence-electron chi connectivity index (χ1n) is 21.1. The number of hydrogen-bond donors (Lipinski definition) is 0. The van der Waals surface area contributed by atoms with Gasteiger partial charge >= 0.3 is 0 Å². The van der Waals surface area contributed by atoms with Crippen LogP contribution in [-0.4, -0.2) is 0 Å². The molecule has 1 heterocycles. The van der Waals surface area contributed by atoms with Crippen molar-refractivity contribution in [1.82, 2.24) is 0 Å². The molecular weight excluding hydrogens is 520 g/mol. The topological polar surface area (TPSA) is 13.1 Å². The van der Waals surface area contributed by atoms with E-state index in [1.54, 1.807) is 36.4 Å². The van der Waals surface area contributed by atoms with E-state index < -0.39 is 83.6 Å². The van der Waals surface area contributed by atoms with Gasteiger partial charge in [0.25, 0.3) is 0 Å². The van der Waals surface area contributed by atoms with Gasteiger partial charge in [0.15, 0.2) is 0 Å². The van der Waals surface area contributed by atoms with Crippen molar-refractivity contribution in [2.75, 3.05) is 0 Å². The predicted octanol–water partition coefficient (Wildman–Crippen LogP) is 12.0. The Morgan fingerprint density at radius 3 is 1.67 bits per heavy atom. The molecule has 1 aromatic heterocycles. The number of fused-ring (bicyclic) bond motifs is 7. The average molecular weight is 562 g/mol. The summed E-state index contributed by atoms with van der Waals surface area (Å²) in [5.74, 6) is 0. The Kier molecular flexibility index (Phi) is 2.97. The van der Waals surface area contributed by atoms with E-state index >= 15 is 0 Å². The van der Waals surface area contributed by atoms with Crippen molar-refractivity contribution < 1.29 is 25.0 Å². The maximum Gasteiger partial charge on any atom is 0.143 e. The number of rotatable bonds is 3. The molecule has 0 aliphatic carbocycles. The summed E-state index contributed by atoms with van der Waals surface area (Å²) in [5.41, 5.74) is 1.29. The van der Waals surface area contributed by atoms with Crippen LogP contribution >= 0.6 is 0 Å². The average Bonchev–Trinajstić information content (AvgIpc) is 3.61. The molecule has 0 fully saturated rings. The summed E-state index contributed by atoms with van der Waals surface area (Å²) in [7, 11) is 0. The number of benzene rings is 8. The highest BCUT2D eigenvalue weighted by molar-refractivity contribution is 6.22. The molecule has 0 unspecified atom stereocenters. The van der Waals surface area contributed by atoms with Crippen LogP contribution in [0.1, 0.15) is 20.6 Å². The van der Waals surface area contributed by atoms with E-state index in [2.05, 4.69) is 0 Å². The highest BCUT2D eigenvalue weighted by Gasteiger charge is 2.18. The van der Waals surface area contributed by atoms with Crippen LogP contribution in [-0.2, 0) is 0 Å². The predicted molar refractivity (Wildman–Crippen MR) is 183 cm³/mol. The zero-order valence-corrected chi connectivity index (χ0v) is 22.3. The Bertz CT molecular complexity index is 3240. The molecule has 9 aromatic rings. The monoisotopic (exact) mass is 561 g/mol. The largest absolute Gasteiger partial charge is 0.455 e. The van der Waals surface area contributed by atoms with E-state index in [1.807, 2.05) is 30.3 Å². The molecular formula is C42H26O. The van der Waals surface area contributed by atoms with Crippen molar-refractivity contribution in [1.29, 1.82) is 0 Å². The second-order valence-electron chi connectivity index (χ2n) is 10.1. The smallest absolute Gasteiger partial charge is 0.143 e. The summed E-state index contributed by atoms with van der Waals surface area (Å²) in [6.07, 6.45) is 0. The first-order valence-corrected chi connectivity index (χ1v) is 13.6. The van der Waals surface area contributed by atoms with Gasteiger partial charge in [-0.05, 0) is 78.5 Å². The fourth-order valence-corrected chi connectivity index (χ4v) is 5.90. The van der Waals surface area contributed by atoms with Crippen molar-refractivity contribution in [3.05, 3.63) is 157 Å². The third-order valence-corrected chi connectivity index (χ3v) is 7.76. The van der Waals surface area contributed by atoms with Gasteiger partial charge in [0.2, 0.25) is 0 Å². The second kappa shape index (κ2) is 9.44. The molecule has 8 aromatic carbocycles. The number of hydrogen-bond acceptors (Lipinski definition) is 1. The highest BCUT2D eigenvalue weighted by atomic mass is 16.3. The third kappa shape index (κ3) is 3.72. The Balaban J connectivity index is 1.35. The summed E-state index contributed by atoms with van der Waals surface area (Å²) < 4.78 is 136. The van der Waals surface area contributed by atoms with E-state index in [4.69, 9.17) is 22.2 Å². The van der Waals surface area contributed by atoms with Gasteiger partial charge in [0.05, 0.1) is 20.6 Å². The highest BCUT2D eigenvalue weighted by Crippen LogP contribution is 2.45. The normalized spacial score (nSPS) is 16.6. The molecule has 9 rings (SSSR count). The fourth-order valence-electron chi connectivity index (χ4n) is 5.90. The Hall–Kier alpha value is -5.66. The molecule has 200 valence electrons. The van der Waals surface area contributed by atoms with Crippen molar-refractivity contribution in [2.24, 2.45) is 0 Å². The van der Waals surface area contributed by atoms with Crippen LogP contribution in [0, 0.1) is 0 Å². The quantitative estimate of drug-likeness (QED) is 0.196. The first-order chi connectivity index (χ1) is 27.6. The summed E-state index contributed by atoms with van der Waals surface area (Å²) in [4.78, 5) is 0. The minimum atomic E-state index is -0.661. The standard InChI is InChI=1S/C42H26O/c1-2-10-27(11-3-1)28-18-20-30(21-19-28)40-33-14-6-8-16-35(33)41(36-17-9-7-15-34(36)40)31-23-25-39-38(26-31)37-24-22-29-12-4-5-13-32(29)42(37)43-39/h1-26H/i1D,2D,3D,4D,5D,10D,11D,12D,13D,18D,19D,20D,21D,22D,24D. The van der Waals surface area contributed by atoms with Crippen LogP contribution in [0.3, 0.4) is 0 Å². The molecule has 0 N–H and O–H groups in total. The lowest BCUT2D eigenvalue weighted by Gasteiger charge is -2.18. The van der Waals surface area contributed by atoms with Crippen LogP contribution in [0.2, 0.25) is 0 Å². The molecule has 1 nitrogen and oxygen atoms in total. The van der Waals surface area contributed by atoms with Crippen LogP contribution in [0.5, 0.6) is 0 Å².